The van der Waals surface area contributed by atoms with Crippen LogP contribution in [-0.2, 0) is 0 Å². The maximum absolute atomic E-state index is 5.22. The number of aromatic nitrogens is 3. The van der Waals surface area contributed by atoms with E-state index in [9.17, 15) is 0 Å². The van der Waals surface area contributed by atoms with E-state index in [1.54, 1.807) is 0 Å². The topological polar surface area (TPSA) is 51.0 Å². The SMILES string of the molecule is C1=c2c(ccc3c2=Nc2ccccc2-3)-c2ccc(-c3ccccc3)c(-c3nnnc(-c4ccccc4-c4ccccc4)c3-c3ccccc3-c3ccccc3-c3ccccc3)c21. The lowest BCUT2D eigenvalue weighted by Gasteiger charge is -2.22. The predicted molar refractivity (Wildman–Crippen MR) is 253 cm³/mol. The largest absolute Gasteiger partial charge is 0.247 e. The van der Waals surface area contributed by atoms with Gasteiger partial charge >= 0.3 is 0 Å². The molecular formula is C58H36N4. The number of para-hydroxylation sites is 1. The van der Waals surface area contributed by atoms with Gasteiger partial charge in [0.2, 0.25) is 0 Å². The molecule has 288 valence electrons. The molecule has 1 aliphatic carbocycles. The number of hydrogen-bond donors (Lipinski definition) is 0. The van der Waals surface area contributed by atoms with Gasteiger partial charge in [0.1, 0.15) is 11.4 Å². The predicted octanol–water partition coefficient (Wildman–Crippen LogP) is 13.3. The first kappa shape index (κ1) is 35.6. The fraction of sp³-hybridized carbons (Fsp3) is 0. The van der Waals surface area contributed by atoms with Gasteiger partial charge in [0.25, 0.3) is 0 Å². The third-order valence-corrected chi connectivity index (χ3v) is 12.3. The lowest BCUT2D eigenvalue weighted by Crippen LogP contribution is -2.25. The summed E-state index contributed by atoms with van der Waals surface area (Å²) in [6, 6.07) is 75.1. The highest BCUT2D eigenvalue weighted by atomic mass is 15.3. The van der Waals surface area contributed by atoms with E-state index in [1.165, 1.54) is 0 Å². The van der Waals surface area contributed by atoms with Crippen LogP contribution in [-0.4, -0.2) is 15.4 Å². The number of nitrogens with zero attached hydrogens (tertiary/aromatic N) is 4. The summed E-state index contributed by atoms with van der Waals surface area (Å²) in [4.78, 5) is 5.22. The molecule has 12 rings (SSSR count). The Kier molecular flexibility index (Phi) is 8.46. The molecule has 4 heteroatoms. The zero-order valence-corrected chi connectivity index (χ0v) is 33.6. The van der Waals surface area contributed by atoms with Gasteiger partial charge in [-0.05, 0) is 84.1 Å². The van der Waals surface area contributed by atoms with Gasteiger partial charge in [0.05, 0.1) is 11.0 Å². The van der Waals surface area contributed by atoms with E-state index in [-0.39, 0.29) is 0 Å². The van der Waals surface area contributed by atoms with E-state index in [1.807, 2.05) is 0 Å². The van der Waals surface area contributed by atoms with Crippen molar-refractivity contribution in [2.75, 3.05) is 0 Å². The van der Waals surface area contributed by atoms with E-state index in [0.29, 0.717) is 0 Å². The average Bonchev–Trinajstić information content (AvgIpc) is 3.93. The Hall–Kier alpha value is -8.34. The van der Waals surface area contributed by atoms with Crippen molar-refractivity contribution < 1.29 is 0 Å². The highest BCUT2D eigenvalue weighted by molar-refractivity contribution is 6.06. The second-order valence-electron chi connectivity index (χ2n) is 15.7. The van der Waals surface area contributed by atoms with Crippen LogP contribution >= 0.6 is 0 Å². The van der Waals surface area contributed by atoms with Crippen molar-refractivity contribution in [1.82, 2.24) is 15.4 Å². The first-order valence-electron chi connectivity index (χ1n) is 21.0. The van der Waals surface area contributed by atoms with Gasteiger partial charge in [-0.15, -0.1) is 10.2 Å². The molecule has 0 N–H and O–H groups in total. The summed E-state index contributed by atoms with van der Waals surface area (Å²) in [5.74, 6) is 0. The summed E-state index contributed by atoms with van der Waals surface area (Å²) >= 11 is 0. The van der Waals surface area contributed by atoms with Crippen molar-refractivity contribution in [2.24, 2.45) is 4.99 Å². The maximum Gasteiger partial charge on any atom is 0.106 e. The van der Waals surface area contributed by atoms with Crippen molar-refractivity contribution in [2.45, 2.75) is 0 Å². The molecule has 1 aromatic heterocycles. The molecule has 2 aliphatic rings. The second-order valence-corrected chi connectivity index (χ2v) is 15.7. The summed E-state index contributed by atoms with van der Waals surface area (Å²) in [5, 5.41) is 17.0. The maximum atomic E-state index is 5.22. The van der Waals surface area contributed by atoms with Gasteiger partial charge in [0.15, 0.2) is 0 Å². The Labute approximate surface area is 359 Å². The number of fused-ring (bicyclic) bond motifs is 7. The normalized spacial score (nSPS) is 11.8. The monoisotopic (exact) mass is 788 g/mol. The van der Waals surface area contributed by atoms with Gasteiger partial charge in [-0.1, -0.05) is 206 Å². The van der Waals surface area contributed by atoms with Crippen LogP contribution in [0.4, 0.5) is 5.69 Å². The standard InChI is InChI=1S/C58H36N4/c1-4-18-37(19-5-1)40-24-10-12-26-43(40)44-27-13-14-29-48(44)55-57(49-30-15-11-25-41(49)38-20-6-2-7-21-38)60-62-61-58(55)54-42(39-22-8-3-9-23-39)32-33-45-46-34-35-50-47-28-16-17-31-53(47)59-56(50)52(46)36-51(45)54/h1-36H. The summed E-state index contributed by atoms with van der Waals surface area (Å²) in [5.41, 5.74) is 21.0. The summed E-state index contributed by atoms with van der Waals surface area (Å²) in [6.45, 7) is 0. The molecule has 0 bridgehead atoms. The minimum Gasteiger partial charge on any atom is -0.247 e. The Balaban J connectivity index is 1.20. The van der Waals surface area contributed by atoms with Gasteiger partial charge in [-0.2, -0.15) is 0 Å². The van der Waals surface area contributed by atoms with Crippen LogP contribution in [0, 0.1) is 0 Å². The number of benzene rings is 9. The van der Waals surface area contributed by atoms with E-state index >= 15 is 0 Å². The van der Waals surface area contributed by atoms with Gasteiger partial charge in [0, 0.05) is 33.0 Å². The second kappa shape index (κ2) is 14.7. The van der Waals surface area contributed by atoms with Gasteiger partial charge in [-0.3, -0.25) is 0 Å². The molecule has 9 aromatic carbocycles. The molecule has 0 unspecified atom stereocenters. The van der Waals surface area contributed by atoms with E-state index in [0.717, 1.165) is 122 Å². The molecule has 0 saturated carbocycles. The molecular weight excluding hydrogens is 753 g/mol. The Morgan fingerprint density at radius 1 is 0.274 bits per heavy atom. The molecule has 0 fully saturated rings. The Bertz CT molecular complexity index is 3510. The summed E-state index contributed by atoms with van der Waals surface area (Å²) < 4.78 is 0. The third kappa shape index (κ3) is 5.76. The molecule has 2 heterocycles. The molecule has 0 atom stereocenters. The Morgan fingerprint density at radius 3 is 1.39 bits per heavy atom. The quantitative estimate of drug-likeness (QED) is 0.162. The Morgan fingerprint density at radius 2 is 0.726 bits per heavy atom. The lowest BCUT2D eigenvalue weighted by atomic mass is 9.83. The van der Waals surface area contributed by atoms with Crippen LogP contribution in [0.2, 0.25) is 0 Å². The first-order valence-corrected chi connectivity index (χ1v) is 21.0. The highest BCUT2D eigenvalue weighted by Gasteiger charge is 2.30. The minimum absolute atomic E-state index is 0.762. The fourth-order valence-corrected chi connectivity index (χ4v) is 9.53. The van der Waals surface area contributed by atoms with E-state index < -0.39 is 0 Å². The molecule has 62 heavy (non-hydrogen) atoms. The molecule has 1 aliphatic heterocycles. The minimum atomic E-state index is 0.762. The highest BCUT2D eigenvalue weighted by Crippen LogP contribution is 2.50. The summed E-state index contributed by atoms with van der Waals surface area (Å²) in [7, 11) is 0. The van der Waals surface area contributed by atoms with Crippen LogP contribution in [0.15, 0.2) is 217 Å². The fourth-order valence-electron chi connectivity index (χ4n) is 9.53. The molecule has 10 aromatic rings. The zero-order valence-electron chi connectivity index (χ0n) is 33.6. The van der Waals surface area contributed by atoms with Crippen LogP contribution in [0.5, 0.6) is 0 Å². The van der Waals surface area contributed by atoms with Crippen LogP contribution < -0.4 is 10.6 Å². The van der Waals surface area contributed by atoms with Crippen molar-refractivity contribution >= 4 is 11.8 Å². The average molecular weight is 789 g/mol. The molecule has 0 radical (unpaired) electrons. The van der Waals surface area contributed by atoms with Crippen molar-refractivity contribution in [3.63, 3.8) is 0 Å². The van der Waals surface area contributed by atoms with Gasteiger partial charge < -0.3 is 0 Å². The van der Waals surface area contributed by atoms with Crippen molar-refractivity contribution in [3.8, 4) is 100 Å². The van der Waals surface area contributed by atoms with Crippen LogP contribution in [0.25, 0.3) is 106 Å². The summed E-state index contributed by atoms with van der Waals surface area (Å²) in [6.07, 6.45) is 2.33. The van der Waals surface area contributed by atoms with Crippen molar-refractivity contribution in [3.05, 3.63) is 228 Å². The molecule has 0 saturated heterocycles. The molecule has 0 amide bonds. The number of hydrogen-bond acceptors (Lipinski definition) is 4. The zero-order chi connectivity index (χ0) is 41.0. The molecule has 0 spiro atoms. The smallest absolute Gasteiger partial charge is 0.106 e. The van der Waals surface area contributed by atoms with Gasteiger partial charge in [-0.25, -0.2) is 4.99 Å². The first-order chi connectivity index (χ1) is 30.8. The lowest BCUT2D eigenvalue weighted by molar-refractivity contribution is 0.879. The van der Waals surface area contributed by atoms with Crippen LogP contribution in [0.3, 0.4) is 0 Å². The third-order valence-electron chi connectivity index (χ3n) is 12.3. The molecule has 4 nitrogen and oxygen atoms in total. The van der Waals surface area contributed by atoms with E-state index in [4.69, 9.17) is 15.2 Å². The van der Waals surface area contributed by atoms with Crippen molar-refractivity contribution in [1.29, 1.82) is 0 Å². The number of rotatable bonds is 7. The van der Waals surface area contributed by atoms with Crippen LogP contribution in [0.1, 0.15) is 5.56 Å². The van der Waals surface area contributed by atoms with E-state index in [2.05, 4.69) is 224 Å².